The third kappa shape index (κ3) is 26.8. The fourth-order valence-corrected chi connectivity index (χ4v) is 0.733. The van der Waals surface area contributed by atoms with E-state index < -0.39 is 21.8 Å². The van der Waals surface area contributed by atoms with E-state index in [1.54, 1.807) is 0 Å². The standard InChI is InChI=1S/CH4O9P2.2Ag.2K.2H/c2-1(9-11(3,4)5)10-12(6,7)8;;;;;;/h(H2,3,4,5)(H2,6,7,8);;;;;;. The molecule has 0 heterocycles. The van der Waals surface area contributed by atoms with Crippen LogP contribution in [0.15, 0.2) is 0 Å². The third-order valence-electron chi connectivity index (χ3n) is 0.387. The van der Waals surface area contributed by atoms with Crippen LogP contribution in [0, 0.1) is 0 Å². The van der Waals surface area contributed by atoms with Crippen molar-refractivity contribution in [3.63, 3.8) is 0 Å². The number of carbonyl (C=O) groups excluding carboxylic acids is 1. The molecule has 98 valence electrons. The van der Waals surface area contributed by atoms with Crippen LogP contribution in [0.3, 0.4) is 0 Å². The van der Waals surface area contributed by atoms with E-state index in [0.29, 0.717) is 0 Å². The number of phosphoric acid groups is 2. The minimum atomic E-state index is -5.13. The average Bonchev–Trinajstić information content (AvgIpc) is 1.49. The first-order chi connectivity index (χ1) is 5.10. The Morgan fingerprint density at radius 3 is 1.12 bits per heavy atom. The van der Waals surface area contributed by atoms with E-state index in [2.05, 4.69) is 9.05 Å². The molecule has 0 amide bonds. The quantitative estimate of drug-likeness (QED) is 0.241. The van der Waals surface area contributed by atoms with E-state index in [1.165, 1.54) is 0 Å². The number of rotatable bonds is 2. The minimum absolute atomic E-state index is 0. The molecule has 0 spiro atoms. The first kappa shape index (κ1) is 32.3. The Balaban J connectivity index is -0.000000101. The predicted octanol–water partition coefficient (Wildman–Crippen LogP) is -1.98. The number of hydrogen-bond donors (Lipinski definition) is 4. The van der Waals surface area contributed by atoms with Crippen molar-refractivity contribution >= 4 is 125 Å². The van der Waals surface area contributed by atoms with Gasteiger partial charge in [0.1, 0.15) is 0 Å². The van der Waals surface area contributed by atoms with Gasteiger partial charge in [0, 0.05) is 44.8 Å². The van der Waals surface area contributed by atoms with Crippen molar-refractivity contribution < 1.29 is 87.3 Å². The zero-order valence-corrected chi connectivity index (χ0v) is 10.6. The second-order valence-corrected chi connectivity index (χ2v) is 3.74. The van der Waals surface area contributed by atoms with Crippen LogP contribution in [0.4, 0.5) is 4.79 Å². The Morgan fingerprint density at radius 1 is 0.812 bits per heavy atom. The molecule has 16 heavy (non-hydrogen) atoms. The summed E-state index contributed by atoms with van der Waals surface area (Å²) in [6, 6.07) is 0. The van der Waals surface area contributed by atoms with Gasteiger partial charge in [0.25, 0.3) is 0 Å². The van der Waals surface area contributed by atoms with E-state index in [0.717, 1.165) is 0 Å². The van der Waals surface area contributed by atoms with Gasteiger partial charge in [0.2, 0.25) is 0 Å². The topological polar surface area (TPSA) is 151 Å². The molecule has 9 nitrogen and oxygen atoms in total. The molecule has 0 atom stereocenters. The van der Waals surface area contributed by atoms with E-state index in [4.69, 9.17) is 19.6 Å². The summed E-state index contributed by atoms with van der Waals surface area (Å²) in [4.78, 5) is 41.7. The summed E-state index contributed by atoms with van der Waals surface area (Å²) in [6.07, 6.45) is -2.14. The van der Waals surface area contributed by atoms with Crippen LogP contribution in [0.1, 0.15) is 0 Å². The van der Waals surface area contributed by atoms with Gasteiger partial charge < -0.3 is 9.05 Å². The van der Waals surface area contributed by atoms with Gasteiger partial charge in [-0.3, -0.25) is 19.6 Å². The molecular formula is CH6Ag2K2O9P2. The maximum absolute atomic E-state index is 10.0. The summed E-state index contributed by atoms with van der Waals surface area (Å²) < 4.78 is 25.9. The Morgan fingerprint density at radius 2 is 1.00 bits per heavy atom. The number of hydrogen-bond acceptors (Lipinski definition) is 5. The first-order valence-electron chi connectivity index (χ1n) is 2.14. The third-order valence-corrected chi connectivity index (χ3v) is 1.16. The van der Waals surface area contributed by atoms with Crippen LogP contribution >= 0.6 is 15.6 Å². The van der Waals surface area contributed by atoms with Gasteiger partial charge in [-0.25, -0.2) is 13.9 Å². The molecular weight excluding hydrogens is 512 g/mol. The van der Waals surface area contributed by atoms with E-state index in [9.17, 15) is 13.9 Å². The fourth-order valence-electron chi connectivity index (χ4n) is 0.211. The Bertz CT molecular complexity index is 245. The molecule has 0 aromatic rings. The summed E-state index contributed by atoms with van der Waals surface area (Å²) >= 11 is 0. The zero-order chi connectivity index (χ0) is 9.99. The van der Waals surface area contributed by atoms with Gasteiger partial charge in [-0.2, -0.15) is 0 Å². The van der Waals surface area contributed by atoms with Gasteiger partial charge in [-0.15, -0.1) is 0 Å². The summed E-state index contributed by atoms with van der Waals surface area (Å²) in [5.74, 6) is 0. The Kier molecular flexibility index (Phi) is 28.8. The van der Waals surface area contributed by atoms with Crippen molar-refractivity contribution in [1.82, 2.24) is 0 Å². The maximum atomic E-state index is 10.0. The Labute approximate surface area is 207 Å². The molecule has 0 rings (SSSR count). The monoisotopic (exact) mass is 516 g/mol. The van der Waals surface area contributed by atoms with Crippen molar-refractivity contribution in [2.75, 3.05) is 0 Å². The van der Waals surface area contributed by atoms with Gasteiger partial charge >= 0.3 is 125 Å². The van der Waals surface area contributed by atoms with Gasteiger partial charge in [-0.05, 0) is 0 Å². The SMILES string of the molecule is O=C(OP(=O)(O)O)OP(=O)(O)O.[Ag].[Ag].[KH].[KH]. The van der Waals surface area contributed by atoms with E-state index in [1.807, 2.05) is 0 Å². The van der Waals surface area contributed by atoms with Gasteiger partial charge in [0.15, 0.2) is 0 Å². The molecule has 0 aromatic carbocycles. The van der Waals surface area contributed by atoms with Crippen LogP contribution in [-0.2, 0) is 62.9 Å². The Hall–Kier alpha value is 4.32. The predicted molar refractivity (Wildman–Crippen MR) is 46.0 cm³/mol. The molecule has 0 aliphatic heterocycles. The van der Waals surface area contributed by atoms with Crippen LogP contribution in [0.5, 0.6) is 0 Å². The number of phosphoric ester groups is 2. The normalized spacial score (nSPS) is 9.25. The van der Waals surface area contributed by atoms with Crippen molar-refractivity contribution in [3.05, 3.63) is 0 Å². The van der Waals surface area contributed by atoms with E-state index >= 15 is 0 Å². The van der Waals surface area contributed by atoms with Crippen molar-refractivity contribution in [2.45, 2.75) is 0 Å². The van der Waals surface area contributed by atoms with Crippen LogP contribution in [-0.4, -0.2) is 128 Å². The summed E-state index contributed by atoms with van der Waals surface area (Å²) in [5.41, 5.74) is 0. The second kappa shape index (κ2) is 14.3. The van der Waals surface area contributed by atoms with E-state index in [-0.39, 0.29) is 148 Å². The zero-order valence-electron chi connectivity index (χ0n) is 5.83. The molecule has 0 aromatic heterocycles. The van der Waals surface area contributed by atoms with Crippen molar-refractivity contribution in [1.29, 1.82) is 0 Å². The molecule has 0 aliphatic rings. The van der Waals surface area contributed by atoms with Gasteiger partial charge in [-0.1, -0.05) is 0 Å². The van der Waals surface area contributed by atoms with Crippen LogP contribution in [0.25, 0.3) is 0 Å². The van der Waals surface area contributed by atoms with Crippen molar-refractivity contribution in [3.8, 4) is 0 Å². The average molecular weight is 518 g/mol. The molecule has 15 heteroatoms. The summed E-state index contributed by atoms with van der Waals surface area (Å²) in [7, 11) is -10.3. The number of carbonyl (C=O) groups is 1. The second-order valence-electron chi connectivity index (χ2n) is 1.41. The molecule has 0 saturated heterocycles. The molecule has 0 saturated carbocycles. The molecule has 0 unspecified atom stereocenters. The van der Waals surface area contributed by atoms with Crippen molar-refractivity contribution in [2.24, 2.45) is 0 Å². The summed E-state index contributed by atoms with van der Waals surface area (Å²) in [5, 5.41) is 0. The van der Waals surface area contributed by atoms with Crippen LogP contribution in [0.2, 0.25) is 0 Å². The molecule has 2 radical (unpaired) electrons. The molecule has 0 fully saturated rings. The van der Waals surface area contributed by atoms with Gasteiger partial charge in [0.05, 0.1) is 0 Å². The molecule has 4 N–H and O–H groups in total. The molecule has 0 bridgehead atoms. The van der Waals surface area contributed by atoms with Crippen LogP contribution < -0.4 is 0 Å². The first-order valence-corrected chi connectivity index (χ1v) is 5.20. The fraction of sp³-hybridized carbons (Fsp3) is 0. The molecule has 0 aliphatic carbocycles. The summed E-state index contributed by atoms with van der Waals surface area (Å²) in [6.45, 7) is 0.